The van der Waals surface area contributed by atoms with Crippen molar-refractivity contribution in [1.29, 1.82) is 0 Å². The minimum absolute atomic E-state index is 0.340. The molecule has 1 aliphatic carbocycles. The molecular formula is C12H15NO3. The molecular weight excluding hydrogens is 206 g/mol. The van der Waals surface area contributed by atoms with Gasteiger partial charge in [0.2, 0.25) is 5.91 Å². The lowest BCUT2D eigenvalue weighted by Crippen LogP contribution is -2.36. The van der Waals surface area contributed by atoms with Crippen molar-refractivity contribution in [3.8, 4) is 0 Å². The van der Waals surface area contributed by atoms with Crippen molar-refractivity contribution in [3.05, 3.63) is 37.1 Å². The summed E-state index contributed by atoms with van der Waals surface area (Å²) in [5.41, 5.74) is -0.465. The molecule has 0 bridgehead atoms. The second-order valence-electron chi connectivity index (χ2n) is 3.59. The predicted octanol–water partition coefficient (Wildman–Crippen LogP) is 1.31. The fourth-order valence-corrected chi connectivity index (χ4v) is 1.38. The molecule has 0 aliphatic heterocycles. The molecule has 4 nitrogen and oxygen atoms in total. The zero-order valence-corrected chi connectivity index (χ0v) is 9.29. The summed E-state index contributed by atoms with van der Waals surface area (Å²) in [5.74, 6) is -0.820. The lowest BCUT2D eigenvalue weighted by Gasteiger charge is -2.13. The Kier molecular flexibility index (Phi) is 3.66. The summed E-state index contributed by atoms with van der Waals surface area (Å²) in [7, 11) is 1.28. The topological polar surface area (TPSA) is 55.4 Å². The van der Waals surface area contributed by atoms with Gasteiger partial charge in [-0.1, -0.05) is 19.2 Å². The van der Waals surface area contributed by atoms with Crippen LogP contribution >= 0.6 is 0 Å². The second kappa shape index (κ2) is 4.79. The Labute approximate surface area is 94.7 Å². The first-order valence-electron chi connectivity index (χ1n) is 4.95. The fraction of sp³-hybridized carbons (Fsp3) is 0.333. The maximum Gasteiger partial charge on any atom is 0.321 e. The van der Waals surface area contributed by atoms with Crippen molar-refractivity contribution >= 4 is 11.9 Å². The number of esters is 1. The molecule has 86 valence electrons. The number of methoxy groups -OCH3 is 1. The highest BCUT2D eigenvalue weighted by Gasteiger charge is 2.57. The van der Waals surface area contributed by atoms with Gasteiger partial charge in [-0.3, -0.25) is 9.59 Å². The van der Waals surface area contributed by atoms with Gasteiger partial charge in [-0.15, -0.1) is 0 Å². The summed E-state index contributed by atoms with van der Waals surface area (Å²) in [6.07, 6.45) is 5.70. The van der Waals surface area contributed by atoms with E-state index in [4.69, 9.17) is 0 Å². The molecule has 1 saturated carbocycles. The number of nitrogens with one attached hydrogen (secondary N) is 1. The number of allylic oxidation sites excluding steroid dienone is 3. The van der Waals surface area contributed by atoms with Crippen LogP contribution in [0.3, 0.4) is 0 Å². The fourth-order valence-electron chi connectivity index (χ4n) is 1.38. The summed E-state index contributed by atoms with van der Waals surface area (Å²) in [5, 5.41) is 2.62. The summed E-state index contributed by atoms with van der Waals surface area (Å²) < 4.78 is 4.61. The normalized spacial score (nSPS) is 17.2. The average molecular weight is 221 g/mol. The smallest absolute Gasteiger partial charge is 0.321 e. The second-order valence-corrected chi connectivity index (χ2v) is 3.59. The van der Waals surface area contributed by atoms with Gasteiger partial charge < -0.3 is 10.1 Å². The lowest BCUT2D eigenvalue weighted by atomic mass is 10.1. The predicted molar refractivity (Wildman–Crippen MR) is 60.3 cm³/mol. The Morgan fingerprint density at radius 3 is 2.38 bits per heavy atom. The number of ether oxygens (including phenoxy) is 1. The number of carbonyl (C=O) groups excluding carboxylic acids is 2. The average Bonchev–Trinajstić information content (AvgIpc) is 3.08. The largest absolute Gasteiger partial charge is 0.468 e. The first-order chi connectivity index (χ1) is 7.60. The van der Waals surface area contributed by atoms with Gasteiger partial charge in [-0.05, 0) is 25.0 Å². The Hall–Kier alpha value is -1.84. The van der Waals surface area contributed by atoms with Crippen LogP contribution in [0.1, 0.15) is 12.8 Å². The van der Waals surface area contributed by atoms with E-state index in [0.29, 0.717) is 18.5 Å². The van der Waals surface area contributed by atoms with Crippen molar-refractivity contribution in [2.45, 2.75) is 12.8 Å². The van der Waals surface area contributed by atoms with Crippen LogP contribution in [0.4, 0.5) is 0 Å². The molecule has 0 saturated heterocycles. The van der Waals surface area contributed by atoms with E-state index in [0.717, 1.165) is 0 Å². The van der Waals surface area contributed by atoms with Crippen LogP contribution in [0.25, 0.3) is 0 Å². The molecule has 0 spiro atoms. The summed E-state index contributed by atoms with van der Waals surface area (Å²) >= 11 is 0. The molecule has 1 aliphatic rings. The van der Waals surface area contributed by atoms with Crippen LogP contribution < -0.4 is 5.32 Å². The van der Waals surface area contributed by atoms with Crippen molar-refractivity contribution in [2.24, 2.45) is 5.41 Å². The maximum absolute atomic E-state index is 11.8. The maximum atomic E-state index is 11.8. The summed E-state index contributed by atoms with van der Waals surface area (Å²) in [4.78, 5) is 23.3. The molecule has 4 heteroatoms. The lowest BCUT2D eigenvalue weighted by molar-refractivity contribution is -0.151. The SMILES string of the molecule is C=C/C=C(\C=C)NC(=O)C1(C(=O)OC)CC1. The van der Waals surface area contributed by atoms with Gasteiger partial charge >= 0.3 is 5.97 Å². The molecule has 0 aromatic rings. The highest BCUT2D eigenvalue weighted by molar-refractivity contribution is 6.06. The van der Waals surface area contributed by atoms with Crippen molar-refractivity contribution < 1.29 is 14.3 Å². The standard InChI is InChI=1S/C12H15NO3/c1-4-6-9(5-2)13-10(14)12(7-8-12)11(15)16-3/h4-6H,1-2,7-8H2,3H3,(H,13,14)/b9-6+. The molecule has 0 aromatic carbocycles. The summed E-state index contributed by atoms with van der Waals surface area (Å²) in [6, 6.07) is 0. The number of amides is 1. The van der Waals surface area contributed by atoms with Crippen LogP contribution in [-0.2, 0) is 14.3 Å². The third-order valence-corrected chi connectivity index (χ3v) is 2.54. The zero-order chi connectivity index (χ0) is 12.2. The Morgan fingerprint density at radius 1 is 1.38 bits per heavy atom. The number of hydrogen-bond acceptors (Lipinski definition) is 3. The van der Waals surface area contributed by atoms with Crippen LogP contribution in [0.2, 0.25) is 0 Å². The van der Waals surface area contributed by atoms with Gasteiger partial charge in [0.05, 0.1) is 7.11 Å². The molecule has 0 heterocycles. The van der Waals surface area contributed by atoms with E-state index in [1.165, 1.54) is 19.3 Å². The molecule has 1 rings (SSSR count). The van der Waals surface area contributed by atoms with Crippen molar-refractivity contribution in [1.82, 2.24) is 5.32 Å². The quantitative estimate of drug-likeness (QED) is 0.432. The summed E-state index contributed by atoms with van der Waals surface area (Å²) in [6.45, 7) is 7.07. The third-order valence-electron chi connectivity index (χ3n) is 2.54. The van der Waals surface area contributed by atoms with Crippen LogP contribution in [0.5, 0.6) is 0 Å². The molecule has 0 radical (unpaired) electrons. The highest BCUT2D eigenvalue weighted by atomic mass is 16.5. The molecule has 0 unspecified atom stereocenters. The first kappa shape index (κ1) is 12.2. The Morgan fingerprint density at radius 2 is 2.00 bits per heavy atom. The van der Waals surface area contributed by atoms with Gasteiger partial charge in [0.15, 0.2) is 0 Å². The van der Waals surface area contributed by atoms with Gasteiger partial charge in [-0.25, -0.2) is 0 Å². The first-order valence-corrected chi connectivity index (χ1v) is 4.95. The Balaban J connectivity index is 2.73. The van der Waals surface area contributed by atoms with Crippen LogP contribution in [0, 0.1) is 5.41 Å². The van der Waals surface area contributed by atoms with Crippen LogP contribution in [-0.4, -0.2) is 19.0 Å². The minimum atomic E-state index is -0.988. The molecule has 0 aromatic heterocycles. The molecule has 0 atom stereocenters. The molecule has 1 fully saturated rings. The number of carbonyl (C=O) groups is 2. The van der Waals surface area contributed by atoms with Gasteiger partial charge in [0.25, 0.3) is 0 Å². The number of rotatable bonds is 5. The monoisotopic (exact) mass is 221 g/mol. The van der Waals surface area contributed by atoms with E-state index in [2.05, 4.69) is 23.2 Å². The van der Waals surface area contributed by atoms with E-state index >= 15 is 0 Å². The van der Waals surface area contributed by atoms with E-state index in [1.807, 2.05) is 0 Å². The molecule has 16 heavy (non-hydrogen) atoms. The zero-order valence-electron chi connectivity index (χ0n) is 9.29. The minimum Gasteiger partial charge on any atom is -0.468 e. The van der Waals surface area contributed by atoms with Crippen molar-refractivity contribution in [2.75, 3.05) is 7.11 Å². The third kappa shape index (κ3) is 2.21. The number of hydrogen-bond donors (Lipinski definition) is 1. The molecule has 1 amide bonds. The van der Waals surface area contributed by atoms with Gasteiger partial charge in [0.1, 0.15) is 5.41 Å². The molecule has 1 N–H and O–H groups in total. The Bertz CT molecular complexity index is 364. The van der Waals surface area contributed by atoms with E-state index in [9.17, 15) is 9.59 Å². The van der Waals surface area contributed by atoms with Crippen molar-refractivity contribution in [3.63, 3.8) is 0 Å². The van der Waals surface area contributed by atoms with E-state index < -0.39 is 11.4 Å². The van der Waals surface area contributed by atoms with Gasteiger partial charge in [0, 0.05) is 5.70 Å². The van der Waals surface area contributed by atoms with E-state index in [-0.39, 0.29) is 5.91 Å². The van der Waals surface area contributed by atoms with E-state index in [1.54, 1.807) is 6.08 Å². The van der Waals surface area contributed by atoms with Gasteiger partial charge in [-0.2, -0.15) is 0 Å². The highest BCUT2D eigenvalue weighted by Crippen LogP contribution is 2.47. The van der Waals surface area contributed by atoms with Crippen LogP contribution in [0.15, 0.2) is 37.1 Å².